The zero-order valence-corrected chi connectivity index (χ0v) is 15.2. The van der Waals surface area contributed by atoms with Gasteiger partial charge in [0.1, 0.15) is 5.75 Å². The minimum absolute atomic E-state index is 0.0308. The molecule has 3 rings (SSSR count). The number of ether oxygens (including phenoxy) is 1. The summed E-state index contributed by atoms with van der Waals surface area (Å²) in [4.78, 5) is 14.3. The van der Waals surface area contributed by atoms with Crippen LogP contribution in [-0.4, -0.2) is 25.6 Å². The van der Waals surface area contributed by atoms with Crippen molar-refractivity contribution in [3.63, 3.8) is 0 Å². The second kappa shape index (κ2) is 8.26. The van der Waals surface area contributed by atoms with E-state index in [4.69, 9.17) is 16.3 Å². The first-order chi connectivity index (χ1) is 12.2. The minimum atomic E-state index is -0.204. The molecule has 1 saturated heterocycles. The molecule has 0 saturated carbocycles. The summed E-state index contributed by atoms with van der Waals surface area (Å²) >= 11 is 6.37. The van der Waals surface area contributed by atoms with Crippen LogP contribution in [0.15, 0.2) is 42.5 Å². The molecule has 5 heteroatoms. The number of hydrogen-bond donors (Lipinski definition) is 1. The topological polar surface area (TPSA) is 41.6 Å². The molecule has 2 aromatic carbocycles. The number of carbonyl (C=O) groups excluding carboxylic acids is 1. The lowest BCUT2D eigenvalue weighted by molar-refractivity contribution is -0.118. The van der Waals surface area contributed by atoms with E-state index in [1.165, 1.54) is 18.4 Å². The molecule has 0 radical (unpaired) electrons. The van der Waals surface area contributed by atoms with Gasteiger partial charge in [0.2, 0.25) is 0 Å². The highest BCUT2D eigenvalue weighted by Gasteiger charge is 2.15. The van der Waals surface area contributed by atoms with E-state index in [9.17, 15) is 4.79 Å². The fraction of sp³-hybridized carbons (Fsp3) is 0.350. The molecule has 1 amide bonds. The van der Waals surface area contributed by atoms with E-state index >= 15 is 0 Å². The number of benzene rings is 2. The Bertz CT molecular complexity index is 725. The van der Waals surface area contributed by atoms with E-state index in [-0.39, 0.29) is 12.5 Å². The Labute approximate surface area is 153 Å². The number of carbonyl (C=O) groups is 1. The zero-order valence-electron chi connectivity index (χ0n) is 14.4. The lowest BCUT2D eigenvalue weighted by Crippen LogP contribution is -2.21. The molecule has 1 heterocycles. The molecule has 1 N–H and O–H groups in total. The van der Waals surface area contributed by atoms with Gasteiger partial charge in [-0.15, -0.1) is 0 Å². The summed E-state index contributed by atoms with van der Waals surface area (Å²) in [7, 11) is 0. The molecular weight excluding hydrogens is 336 g/mol. The number of anilines is 2. The van der Waals surface area contributed by atoms with Crippen LogP contribution >= 0.6 is 11.6 Å². The summed E-state index contributed by atoms with van der Waals surface area (Å²) in [6, 6.07) is 13.4. The van der Waals surface area contributed by atoms with Crippen LogP contribution in [0.2, 0.25) is 5.02 Å². The number of aryl methyl sites for hydroxylation is 1. The van der Waals surface area contributed by atoms with Crippen LogP contribution in [0, 0.1) is 0 Å². The Hall–Kier alpha value is -2.20. The summed E-state index contributed by atoms with van der Waals surface area (Å²) in [5, 5.41) is 3.49. The summed E-state index contributed by atoms with van der Waals surface area (Å²) < 4.78 is 5.52. The molecule has 132 valence electrons. The number of nitrogens with one attached hydrogen (secondary N) is 1. The van der Waals surface area contributed by atoms with Gasteiger partial charge in [0.25, 0.3) is 5.91 Å². The maximum Gasteiger partial charge on any atom is 0.262 e. The van der Waals surface area contributed by atoms with Crippen LogP contribution < -0.4 is 15.0 Å². The van der Waals surface area contributed by atoms with Crippen LogP contribution in [0.5, 0.6) is 5.75 Å². The first kappa shape index (κ1) is 17.6. The first-order valence-electron chi connectivity index (χ1n) is 8.72. The van der Waals surface area contributed by atoms with Crippen molar-refractivity contribution in [2.24, 2.45) is 0 Å². The van der Waals surface area contributed by atoms with E-state index in [1.807, 2.05) is 36.4 Å². The van der Waals surface area contributed by atoms with E-state index < -0.39 is 0 Å². The van der Waals surface area contributed by atoms with Gasteiger partial charge in [-0.25, -0.2) is 0 Å². The molecule has 1 fully saturated rings. The molecule has 25 heavy (non-hydrogen) atoms. The Morgan fingerprint density at radius 3 is 2.52 bits per heavy atom. The largest absolute Gasteiger partial charge is 0.484 e. The van der Waals surface area contributed by atoms with Crippen LogP contribution in [0.1, 0.15) is 25.3 Å². The lowest BCUT2D eigenvalue weighted by Gasteiger charge is -2.19. The van der Waals surface area contributed by atoms with E-state index in [1.54, 1.807) is 6.07 Å². The van der Waals surface area contributed by atoms with Crippen molar-refractivity contribution >= 4 is 28.9 Å². The van der Waals surface area contributed by atoms with Gasteiger partial charge in [0.05, 0.1) is 10.7 Å². The van der Waals surface area contributed by atoms with Crippen molar-refractivity contribution in [1.82, 2.24) is 0 Å². The fourth-order valence-corrected chi connectivity index (χ4v) is 3.27. The Kier molecular flexibility index (Phi) is 5.82. The van der Waals surface area contributed by atoms with Gasteiger partial charge in [0.15, 0.2) is 6.61 Å². The maximum absolute atomic E-state index is 12.1. The Morgan fingerprint density at radius 1 is 1.16 bits per heavy atom. The number of amides is 1. The highest BCUT2D eigenvalue weighted by Crippen LogP contribution is 2.31. The number of rotatable bonds is 6. The molecule has 4 nitrogen and oxygen atoms in total. The van der Waals surface area contributed by atoms with E-state index in [2.05, 4.69) is 17.1 Å². The van der Waals surface area contributed by atoms with Gasteiger partial charge in [-0.05, 0) is 55.2 Å². The van der Waals surface area contributed by atoms with Crippen LogP contribution in [0.4, 0.5) is 11.4 Å². The molecule has 1 aliphatic rings. The molecule has 2 aromatic rings. The SMILES string of the molecule is CCc1ccc(OCC(=O)Nc2ccc(N3CCCC3)c(Cl)c2)cc1. The predicted octanol–water partition coefficient (Wildman–Crippen LogP) is 4.52. The average molecular weight is 359 g/mol. The van der Waals surface area contributed by atoms with Crippen molar-refractivity contribution in [2.75, 3.05) is 29.9 Å². The highest BCUT2D eigenvalue weighted by atomic mass is 35.5. The highest BCUT2D eigenvalue weighted by molar-refractivity contribution is 6.33. The normalized spacial score (nSPS) is 13.8. The van der Waals surface area contributed by atoms with E-state index in [0.29, 0.717) is 16.5 Å². The first-order valence-corrected chi connectivity index (χ1v) is 9.09. The molecule has 0 unspecified atom stereocenters. The number of halogens is 1. The Balaban J connectivity index is 1.54. The van der Waals surface area contributed by atoms with Crippen molar-refractivity contribution < 1.29 is 9.53 Å². The second-order valence-electron chi connectivity index (χ2n) is 6.19. The summed E-state index contributed by atoms with van der Waals surface area (Å²) in [6.07, 6.45) is 3.38. The van der Waals surface area contributed by atoms with Crippen molar-refractivity contribution in [1.29, 1.82) is 0 Å². The third-order valence-electron chi connectivity index (χ3n) is 4.38. The van der Waals surface area contributed by atoms with Crippen molar-refractivity contribution in [3.05, 3.63) is 53.1 Å². The molecular formula is C20H23ClN2O2. The number of nitrogens with zero attached hydrogens (tertiary/aromatic N) is 1. The molecule has 0 aliphatic carbocycles. The van der Waals surface area contributed by atoms with Gasteiger partial charge in [0, 0.05) is 18.8 Å². The van der Waals surface area contributed by atoms with Crippen LogP contribution in [0.3, 0.4) is 0 Å². The fourth-order valence-electron chi connectivity index (χ4n) is 2.97. The number of hydrogen-bond acceptors (Lipinski definition) is 3. The third-order valence-corrected chi connectivity index (χ3v) is 4.68. The van der Waals surface area contributed by atoms with Gasteiger partial charge < -0.3 is 15.0 Å². The van der Waals surface area contributed by atoms with Gasteiger partial charge >= 0.3 is 0 Å². The van der Waals surface area contributed by atoms with Crippen LogP contribution in [-0.2, 0) is 11.2 Å². The van der Waals surface area contributed by atoms with Crippen molar-refractivity contribution in [3.8, 4) is 5.75 Å². The van der Waals surface area contributed by atoms with Gasteiger partial charge in [-0.2, -0.15) is 0 Å². The summed E-state index contributed by atoms with van der Waals surface area (Å²) in [5.74, 6) is 0.485. The second-order valence-corrected chi connectivity index (χ2v) is 6.60. The lowest BCUT2D eigenvalue weighted by atomic mass is 10.2. The standard InChI is InChI=1S/C20H23ClN2O2/c1-2-15-5-8-17(9-6-15)25-14-20(24)22-16-7-10-19(18(21)13-16)23-11-3-4-12-23/h5-10,13H,2-4,11-12,14H2,1H3,(H,22,24). The quantitative estimate of drug-likeness (QED) is 0.825. The van der Waals surface area contributed by atoms with E-state index in [0.717, 1.165) is 25.2 Å². The smallest absolute Gasteiger partial charge is 0.262 e. The van der Waals surface area contributed by atoms with Crippen molar-refractivity contribution in [2.45, 2.75) is 26.2 Å². The average Bonchev–Trinajstić information content (AvgIpc) is 3.15. The summed E-state index contributed by atoms with van der Waals surface area (Å²) in [5.41, 5.74) is 2.96. The molecule has 0 spiro atoms. The molecule has 0 bridgehead atoms. The molecule has 0 aromatic heterocycles. The zero-order chi connectivity index (χ0) is 17.6. The minimum Gasteiger partial charge on any atom is -0.484 e. The van der Waals surface area contributed by atoms with Crippen LogP contribution in [0.25, 0.3) is 0 Å². The molecule has 1 aliphatic heterocycles. The maximum atomic E-state index is 12.1. The van der Waals surface area contributed by atoms with Gasteiger partial charge in [-0.3, -0.25) is 4.79 Å². The summed E-state index contributed by atoms with van der Waals surface area (Å²) in [6.45, 7) is 4.15. The Morgan fingerprint density at radius 2 is 1.88 bits per heavy atom. The predicted molar refractivity (Wildman–Crippen MR) is 103 cm³/mol. The van der Waals surface area contributed by atoms with Gasteiger partial charge in [-0.1, -0.05) is 30.7 Å². The third kappa shape index (κ3) is 4.67. The molecule has 0 atom stereocenters. The monoisotopic (exact) mass is 358 g/mol.